The Labute approximate surface area is 153 Å². The van der Waals surface area contributed by atoms with E-state index in [2.05, 4.69) is 57.4 Å². The summed E-state index contributed by atoms with van der Waals surface area (Å²) < 4.78 is 5.77. The molecule has 3 aromatic rings. The summed E-state index contributed by atoms with van der Waals surface area (Å²) in [6.45, 7) is 2.66. The van der Waals surface area contributed by atoms with E-state index < -0.39 is 0 Å². The number of nitrogens with one attached hydrogen (secondary N) is 1. The molecule has 0 bridgehead atoms. The van der Waals surface area contributed by atoms with Crippen LogP contribution in [0.4, 0.5) is 5.88 Å². The number of anilines is 1. The van der Waals surface area contributed by atoms with E-state index in [0.29, 0.717) is 18.3 Å². The van der Waals surface area contributed by atoms with Crippen LogP contribution >= 0.6 is 0 Å². The molecule has 1 N–H and O–H groups in total. The van der Waals surface area contributed by atoms with Gasteiger partial charge in [-0.2, -0.15) is 10.2 Å². The van der Waals surface area contributed by atoms with Crippen LogP contribution in [0.3, 0.4) is 0 Å². The predicted octanol–water partition coefficient (Wildman–Crippen LogP) is 3.63. The molecule has 1 atom stereocenters. The van der Waals surface area contributed by atoms with Gasteiger partial charge in [-0.25, -0.2) is 0 Å². The van der Waals surface area contributed by atoms with E-state index in [1.807, 2.05) is 20.2 Å². The van der Waals surface area contributed by atoms with Crippen LogP contribution in [-0.4, -0.2) is 35.5 Å². The zero-order valence-electron chi connectivity index (χ0n) is 15.1. The number of benzene rings is 1. The number of hydrogen-bond acceptors (Lipinski definition) is 6. The van der Waals surface area contributed by atoms with Gasteiger partial charge >= 0.3 is 0 Å². The van der Waals surface area contributed by atoms with Gasteiger partial charge in [-0.15, -0.1) is 0 Å². The van der Waals surface area contributed by atoms with E-state index in [0.717, 1.165) is 5.56 Å². The van der Waals surface area contributed by atoms with Gasteiger partial charge in [0.25, 0.3) is 0 Å². The SMILES string of the molecule is Cc1ccc([C@@H](CNc2oc(-c3cccnc3)nc2C#N)N(C)C)cc1. The first-order chi connectivity index (χ1) is 12.6. The fourth-order valence-corrected chi connectivity index (χ4v) is 2.71. The number of pyridine rings is 1. The van der Waals surface area contributed by atoms with Crippen LogP contribution in [0.25, 0.3) is 11.5 Å². The van der Waals surface area contributed by atoms with Gasteiger partial charge in [0.05, 0.1) is 11.6 Å². The molecule has 0 radical (unpaired) electrons. The number of oxazole rings is 1. The van der Waals surface area contributed by atoms with Gasteiger partial charge < -0.3 is 14.6 Å². The van der Waals surface area contributed by atoms with Gasteiger partial charge in [0, 0.05) is 18.9 Å². The van der Waals surface area contributed by atoms with Crippen LogP contribution in [0.5, 0.6) is 0 Å². The molecule has 2 heterocycles. The van der Waals surface area contributed by atoms with E-state index in [-0.39, 0.29) is 11.7 Å². The number of hydrogen-bond donors (Lipinski definition) is 1. The maximum atomic E-state index is 9.36. The number of likely N-dealkylation sites (N-methyl/N-ethyl adjacent to an activating group) is 1. The molecular weight excluding hydrogens is 326 g/mol. The molecule has 2 aromatic heterocycles. The van der Waals surface area contributed by atoms with E-state index in [1.165, 1.54) is 11.1 Å². The second-order valence-electron chi connectivity index (χ2n) is 6.32. The molecule has 0 saturated heterocycles. The number of aryl methyl sites for hydroxylation is 1. The van der Waals surface area contributed by atoms with Crippen molar-refractivity contribution in [3.63, 3.8) is 0 Å². The molecular formula is C20H21N5O. The van der Waals surface area contributed by atoms with Gasteiger partial charge in [-0.05, 0) is 38.7 Å². The van der Waals surface area contributed by atoms with Crippen molar-refractivity contribution < 1.29 is 4.42 Å². The molecule has 6 nitrogen and oxygen atoms in total. The normalized spacial score (nSPS) is 12.0. The molecule has 0 aliphatic heterocycles. The van der Waals surface area contributed by atoms with Crippen molar-refractivity contribution in [2.45, 2.75) is 13.0 Å². The van der Waals surface area contributed by atoms with E-state index >= 15 is 0 Å². The van der Waals surface area contributed by atoms with Gasteiger partial charge in [-0.3, -0.25) is 4.98 Å². The summed E-state index contributed by atoms with van der Waals surface area (Å²) >= 11 is 0. The van der Waals surface area contributed by atoms with Crippen molar-refractivity contribution in [1.29, 1.82) is 5.26 Å². The lowest BCUT2D eigenvalue weighted by Crippen LogP contribution is -2.26. The minimum atomic E-state index is 0.133. The highest BCUT2D eigenvalue weighted by Crippen LogP contribution is 2.26. The van der Waals surface area contributed by atoms with Crippen LogP contribution in [0.2, 0.25) is 0 Å². The molecule has 0 fully saturated rings. The number of rotatable bonds is 6. The summed E-state index contributed by atoms with van der Waals surface area (Å²) in [6.07, 6.45) is 3.34. The Morgan fingerprint density at radius 3 is 2.62 bits per heavy atom. The second-order valence-corrected chi connectivity index (χ2v) is 6.32. The minimum Gasteiger partial charge on any atom is -0.419 e. The molecule has 1 aromatic carbocycles. The average molecular weight is 347 g/mol. The van der Waals surface area contributed by atoms with Crippen LogP contribution in [0.15, 0.2) is 53.2 Å². The van der Waals surface area contributed by atoms with Crippen molar-refractivity contribution in [3.05, 3.63) is 65.6 Å². The molecule has 6 heteroatoms. The quantitative estimate of drug-likeness (QED) is 0.733. The third-order valence-corrected chi connectivity index (χ3v) is 4.18. The van der Waals surface area contributed by atoms with Crippen molar-refractivity contribution in [2.75, 3.05) is 26.0 Å². The Hall–Kier alpha value is -3.17. The maximum Gasteiger partial charge on any atom is 0.232 e. The Morgan fingerprint density at radius 2 is 2.00 bits per heavy atom. The Kier molecular flexibility index (Phi) is 5.30. The fourth-order valence-electron chi connectivity index (χ4n) is 2.71. The number of nitrogens with zero attached hydrogens (tertiary/aromatic N) is 4. The molecule has 3 rings (SSSR count). The monoisotopic (exact) mass is 347 g/mol. The largest absolute Gasteiger partial charge is 0.419 e. The topological polar surface area (TPSA) is 78.0 Å². The van der Waals surface area contributed by atoms with Crippen molar-refractivity contribution >= 4 is 5.88 Å². The molecule has 0 unspecified atom stereocenters. The van der Waals surface area contributed by atoms with Crippen molar-refractivity contribution in [1.82, 2.24) is 14.9 Å². The second kappa shape index (κ2) is 7.81. The van der Waals surface area contributed by atoms with E-state index in [4.69, 9.17) is 4.42 Å². The number of nitriles is 1. The van der Waals surface area contributed by atoms with Crippen LogP contribution in [0, 0.1) is 18.3 Å². The van der Waals surface area contributed by atoms with E-state index in [1.54, 1.807) is 18.5 Å². The highest BCUT2D eigenvalue weighted by atomic mass is 16.4. The predicted molar refractivity (Wildman–Crippen MR) is 101 cm³/mol. The molecule has 0 aliphatic carbocycles. The third-order valence-electron chi connectivity index (χ3n) is 4.18. The fraction of sp³-hybridized carbons (Fsp3) is 0.250. The summed E-state index contributed by atoms with van der Waals surface area (Å²) in [6, 6.07) is 14.3. The Morgan fingerprint density at radius 1 is 1.23 bits per heavy atom. The highest BCUT2D eigenvalue weighted by Gasteiger charge is 2.18. The Balaban J connectivity index is 1.80. The third kappa shape index (κ3) is 3.90. The van der Waals surface area contributed by atoms with Crippen LogP contribution in [-0.2, 0) is 0 Å². The van der Waals surface area contributed by atoms with Gasteiger partial charge in [0.1, 0.15) is 6.07 Å². The molecule has 0 aliphatic rings. The maximum absolute atomic E-state index is 9.36. The molecule has 0 spiro atoms. The summed E-state index contributed by atoms with van der Waals surface area (Å²) in [5.41, 5.74) is 3.39. The summed E-state index contributed by atoms with van der Waals surface area (Å²) in [5, 5.41) is 12.6. The lowest BCUT2D eigenvalue weighted by molar-refractivity contribution is 0.310. The van der Waals surface area contributed by atoms with Gasteiger partial charge in [0.15, 0.2) is 0 Å². The lowest BCUT2D eigenvalue weighted by Gasteiger charge is -2.25. The average Bonchev–Trinajstić information content (AvgIpc) is 3.07. The zero-order chi connectivity index (χ0) is 18.5. The highest BCUT2D eigenvalue weighted by molar-refractivity contribution is 5.57. The van der Waals surface area contributed by atoms with Crippen molar-refractivity contribution in [3.8, 4) is 17.5 Å². The summed E-state index contributed by atoms with van der Waals surface area (Å²) in [5.74, 6) is 0.763. The first-order valence-electron chi connectivity index (χ1n) is 8.36. The van der Waals surface area contributed by atoms with Crippen LogP contribution in [0.1, 0.15) is 22.9 Å². The smallest absolute Gasteiger partial charge is 0.232 e. The van der Waals surface area contributed by atoms with Gasteiger partial charge in [-0.1, -0.05) is 29.8 Å². The molecule has 0 amide bonds. The molecule has 0 saturated carbocycles. The number of aromatic nitrogens is 2. The summed E-state index contributed by atoms with van der Waals surface area (Å²) in [7, 11) is 4.05. The first kappa shape index (κ1) is 17.6. The van der Waals surface area contributed by atoms with Crippen LogP contribution < -0.4 is 5.32 Å². The lowest BCUT2D eigenvalue weighted by atomic mass is 10.0. The van der Waals surface area contributed by atoms with E-state index in [9.17, 15) is 5.26 Å². The molecule has 132 valence electrons. The zero-order valence-corrected chi connectivity index (χ0v) is 15.1. The minimum absolute atomic E-state index is 0.133. The van der Waals surface area contributed by atoms with Crippen molar-refractivity contribution in [2.24, 2.45) is 0 Å². The molecule has 26 heavy (non-hydrogen) atoms. The standard InChI is InChI=1S/C20H21N5O/c1-14-6-8-15(9-7-14)18(25(2)3)13-23-20-17(11-21)24-19(26-20)16-5-4-10-22-12-16/h4-10,12,18,23H,13H2,1-3H3/t18-/m1/s1. The van der Waals surface area contributed by atoms with Gasteiger partial charge in [0.2, 0.25) is 17.5 Å². The first-order valence-corrected chi connectivity index (χ1v) is 8.36. The Bertz CT molecular complexity index is 894. The summed E-state index contributed by atoms with van der Waals surface area (Å²) in [4.78, 5) is 10.4.